The summed E-state index contributed by atoms with van der Waals surface area (Å²) in [6.07, 6.45) is 3.41. The van der Waals surface area contributed by atoms with Crippen LogP contribution in [0.2, 0.25) is 0 Å². The fourth-order valence-electron chi connectivity index (χ4n) is 2.31. The molecule has 7 nitrogen and oxygen atoms in total. The largest absolute Gasteiger partial charge is 0.444 e. The predicted octanol–water partition coefficient (Wildman–Crippen LogP) is 1.75. The lowest BCUT2D eigenvalue weighted by atomic mass is 9.86. The summed E-state index contributed by atoms with van der Waals surface area (Å²) in [4.78, 5) is 11.7. The molecule has 7 heteroatoms. The van der Waals surface area contributed by atoms with Gasteiger partial charge in [-0.1, -0.05) is 5.21 Å². The van der Waals surface area contributed by atoms with Gasteiger partial charge in [0.05, 0.1) is 0 Å². The smallest absolute Gasteiger partial charge is 0.407 e. The van der Waals surface area contributed by atoms with Crippen molar-refractivity contribution in [2.24, 2.45) is 0 Å². The van der Waals surface area contributed by atoms with Gasteiger partial charge in [-0.2, -0.15) is 5.21 Å². The van der Waals surface area contributed by atoms with Gasteiger partial charge in [-0.15, -0.1) is 10.2 Å². The Balaban J connectivity index is 1.76. The summed E-state index contributed by atoms with van der Waals surface area (Å²) >= 11 is 0. The highest BCUT2D eigenvalue weighted by atomic mass is 16.6. The van der Waals surface area contributed by atoms with Crippen molar-refractivity contribution in [1.82, 2.24) is 25.9 Å². The van der Waals surface area contributed by atoms with E-state index in [0.29, 0.717) is 5.92 Å². The molecule has 1 saturated carbocycles. The Kier molecular flexibility index (Phi) is 4.01. The second kappa shape index (κ2) is 5.54. The van der Waals surface area contributed by atoms with Gasteiger partial charge in [0.1, 0.15) is 5.60 Å². The van der Waals surface area contributed by atoms with Crippen LogP contribution in [-0.4, -0.2) is 38.4 Å². The first-order chi connectivity index (χ1) is 8.94. The molecule has 1 aromatic heterocycles. The van der Waals surface area contributed by atoms with Crippen LogP contribution in [0.3, 0.4) is 0 Å². The molecule has 2 N–H and O–H groups in total. The maximum atomic E-state index is 11.7. The molecule has 0 atom stereocenters. The molecule has 1 aromatic rings. The van der Waals surface area contributed by atoms with Gasteiger partial charge in [0.2, 0.25) is 0 Å². The maximum Gasteiger partial charge on any atom is 0.407 e. The monoisotopic (exact) mass is 267 g/mol. The van der Waals surface area contributed by atoms with Gasteiger partial charge in [-0.3, -0.25) is 0 Å². The number of tetrazole rings is 1. The molecule has 0 aromatic carbocycles. The SMILES string of the molecule is CC(C)(C)OC(=O)NC1CCC(c2nn[nH]n2)CC1. The summed E-state index contributed by atoms with van der Waals surface area (Å²) in [5, 5.41) is 17.0. The van der Waals surface area contributed by atoms with Crippen LogP contribution in [0.5, 0.6) is 0 Å². The number of carbonyl (C=O) groups is 1. The second-order valence-electron chi connectivity index (χ2n) is 5.96. The van der Waals surface area contributed by atoms with Crippen LogP contribution in [0.4, 0.5) is 4.79 Å². The van der Waals surface area contributed by atoms with Gasteiger partial charge >= 0.3 is 6.09 Å². The van der Waals surface area contributed by atoms with Crippen molar-refractivity contribution in [1.29, 1.82) is 0 Å². The minimum atomic E-state index is -0.452. The number of nitrogens with one attached hydrogen (secondary N) is 2. The highest BCUT2D eigenvalue weighted by molar-refractivity contribution is 5.68. The molecule has 1 aliphatic rings. The Bertz CT molecular complexity index is 404. The third-order valence-electron chi connectivity index (χ3n) is 3.17. The number of ether oxygens (including phenoxy) is 1. The molecular formula is C12H21N5O2. The number of H-pyrrole nitrogens is 1. The van der Waals surface area contributed by atoms with Gasteiger partial charge in [-0.05, 0) is 46.5 Å². The average Bonchev–Trinajstić information content (AvgIpc) is 2.80. The normalized spacial score (nSPS) is 23.9. The Morgan fingerprint density at radius 3 is 2.53 bits per heavy atom. The number of aromatic nitrogens is 4. The van der Waals surface area contributed by atoms with Gasteiger partial charge in [0.25, 0.3) is 0 Å². The molecule has 2 rings (SSSR count). The first-order valence-corrected chi connectivity index (χ1v) is 6.67. The van der Waals surface area contributed by atoms with Gasteiger partial charge < -0.3 is 10.1 Å². The van der Waals surface area contributed by atoms with Crippen LogP contribution in [0.25, 0.3) is 0 Å². The van der Waals surface area contributed by atoms with Crippen LogP contribution in [-0.2, 0) is 4.74 Å². The van der Waals surface area contributed by atoms with Crippen molar-refractivity contribution >= 4 is 6.09 Å². The zero-order chi connectivity index (χ0) is 13.9. The number of aromatic amines is 1. The summed E-state index contributed by atoms with van der Waals surface area (Å²) in [5.74, 6) is 1.12. The van der Waals surface area contributed by atoms with E-state index in [1.807, 2.05) is 20.8 Å². The summed E-state index contributed by atoms with van der Waals surface area (Å²) in [6.45, 7) is 5.58. The minimum Gasteiger partial charge on any atom is -0.444 e. The third kappa shape index (κ3) is 4.18. The lowest BCUT2D eigenvalue weighted by molar-refractivity contribution is 0.0491. The highest BCUT2D eigenvalue weighted by Gasteiger charge is 2.27. The molecule has 0 bridgehead atoms. The average molecular weight is 267 g/mol. The zero-order valence-electron chi connectivity index (χ0n) is 11.6. The van der Waals surface area contributed by atoms with E-state index in [4.69, 9.17) is 4.74 Å². The third-order valence-corrected chi connectivity index (χ3v) is 3.17. The van der Waals surface area contributed by atoms with Gasteiger partial charge in [0, 0.05) is 12.0 Å². The van der Waals surface area contributed by atoms with E-state index < -0.39 is 5.60 Å². The lowest BCUT2D eigenvalue weighted by Gasteiger charge is -2.28. The standard InChI is InChI=1S/C12H21N5O2/c1-12(2,3)19-11(18)13-9-6-4-8(5-7-9)10-14-16-17-15-10/h8-9H,4-7H2,1-3H3,(H,13,18)(H,14,15,16,17). The lowest BCUT2D eigenvalue weighted by Crippen LogP contribution is -2.40. The van der Waals surface area contributed by atoms with Crippen LogP contribution in [0.15, 0.2) is 0 Å². The molecule has 0 unspecified atom stereocenters. The molecule has 0 radical (unpaired) electrons. The van der Waals surface area contributed by atoms with Crippen molar-refractivity contribution in [3.05, 3.63) is 5.82 Å². The minimum absolute atomic E-state index is 0.179. The number of hydrogen-bond acceptors (Lipinski definition) is 5. The highest BCUT2D eigenvalue weighted by Crippen LogP contribution is 2.30. The summed E-state index contributed by atoms with van der Waals surface area (Å²) in [6, 6.07) is 0.179. The van der Waals surface area contributed by atoms with Gasteiger partial charge in [-0.25, -0.2) is 4.79 Å². The van der Waals surface area contributed by atoms with Gasteiger partial charge in [0.15, 0.2) is 5.82 Å². The van der Waals surface area contributed by atoms with E-state index in [0.717, 1.165) is 31.5 Å². The quantitative estimate of drug-likeness (QED) is 0.851. The molecule has 19 heavy (non-hydrogen) atoms. The van der Waals surface area contributed by atoms with E-state index >= 15 is 0 Å². The van der Waals surface area contributed by atoms with Crippen LogP contribution in [0, 0.1) is 0 Å². The van der Waals surface area contributed by atoms with E-state index in [2.05, 4.69) is 25.9 Å². The van der Waals surface area contributed by atoms with Crippen molar-refractivity contribution in [2.75, 3.05) is 0 Å². The predicted molar refractivity (Wildman–Crippen MR) is 68.5 cm³/mol. The second-order valence-corrected chi connectivity index (χ2v) is 5.96. The number of alkyl carbamates (subject to hydrolysis) is 1. The molecule has 1 aliphatic carbocycles. The van der Waals surface area contributed by atoms with Crippen LogP contribution >= 0.6 is 0 Å². The van der Waals surface area contributed by atoms with Crippen LogP contribution < -0.4 is 5.32 Å². The first-order valence-electron chi connectivity index (χ1n) is 6.67. The molecule has 0 saturated heterocycles. The Labute approximate surface area is 112 Å². The van der Waals surface area contributed by atoms with Crippen LogP contribution in [0.1, 0.15) is 58.2 Å². The Morgan fingerprint density at radius 1 is 1.32 bits per heavy atom. The molecular weight excluding hydrogens is 246 g/mol. The molecule has 1 fully saturated rings. The number of amides is 1. The Hall–Kier alpha value is -1.66. The topological polar surface area (TPSA) is 92.8 Å². The number of hydrogen-bond donors (Lipinski definition) is 2. The number of nitrogens with zero attached hydrogens (tertiary/aromatic N) is 3. The van der Waals surface area contributed by atoms with Crippen molar-refractivity contribution in [3.8, 4) is 0 Å². The maximum absolute atomic E-state index is 11.7. The van der Waals surface area contributed by atoms with E-state index in [-0.39, 0.29) is 12.1 Å². The summed E-state index contributed by atoms with van der Waals surface area (Å²) < 4.78 is 5.25. The molecule has 0 aliphatic heterocycles. The molecule has 1 amide bonds. The van der Waals surface area contributed by atoms with Crippen molar-refractivity contribution in [2.45, 2.75) is 64.0 Å². The molecule has 106 valence electrons. The van der Waals surface area contributed by atoms with E-state index in [9.17, 15) is 4.79 Å². The Morgan fingerprint density at radius 2 is 2.00 bits per heavy atom. The number of carbonyl (C=O) groups excluding carboxylic acids is 1. The van der Waals surface area contributed by atoms with E-state index in [1.54, 1.807) is 0 Å². The number of rotatable bonds is 2. The summed E-state index contributed by atoms with van der Waals surface area (Å²) in [7, 11) is 0. The fraction of sp³-hybridized carbons (Fsp3) is 0.833. The van der Waals surface area contributed by atoms with E-state index in [1.165, 1.54) is 0 Å². The zero-order valence-corrected chi connectivity index (χ0v) is 11.6. The molecule has 0 spiro atoms. The van der Waals surface area contributed by atoms with Crippen molar-refractivity contribution < 1.29 is 9.53 Å². The first kappa shape index (κ1) is 13.8. The van der Waals surface area contributed by atoms with Crippen molar-refractivity contribution in [3.63, 3.8) is 0 Å². The summed E-state index contributed by atoms with van der Waals surface area (Å²) in [5.41, 5.74) is -0.452. The fourth-order valence-corrected chi connectivity index (χ4v) is 2.31. The molecule has 1 heterocycles.